The van der Waals surface area contributed by atoms with Gasteiger partial charge in [0.15, 0.2) is 0 Å². The van der Waals surface area contributed by atoms with Crippen LogP contribution in [0.15, 0.2) is 0 Å². The van der Waals surface area contributed by atoms with Crippen molar-refractivity contribution in [3.05, 3.63) is 0 Å². The van der Waals surface area contributed by atoms with Crippen molar-refractivity contribution in [2.45, 2.75) is 53.6 Å². The van der Waals surface area contributed by atoms with Gasteiger partial charge in [0, 0.05) is 6.54 Å². The lowest BCUT2D eigenvalue weighted by Gasteiger charge is -2.50. The van der Waals surface area contributed by atoms with E-state index in [1.165, 1.54) is 0 Å². The zero-order valence-electron chi connectivity index (χ0n) is 12.5. The minimum atomic E-state index is -1.53. The topological polar surface area (TPSA) is 98.1 Å². The van der Waals surface area contributed by atoms with Gasteiger partial charge in [0.2, 0.25) is 0 Å². The Kier molecular flexibility index (Phi) is 5.00. The molecule has 6 heteroatoms. The SMILES string of the molecule is CC(C)(C)C(O)(CCN(C(=O)O)C(=O)O)C(C)(C)C. The second-order valence-corrected chi connectivity index (χ2v) is 6.83. The Bertz CT molecular complexity index is 323. The zero-order valence-corrected chi connectivity index (χ0v) is 12.5. The standard InChI is InChI=1S/C13H25NO5/c1-11(2,3)13(19,12(4,5)6)7-8-14(9(15)16)10(17)18/h19H,7-8H2,1-6H3,(H,15,16)(H,17,18). The van der Waals surface area contributed by atoms with Crippen molar-refractivity contribution in [3.63, 3.8) is 0 Å². The fraction of sp³-hybridized carbons (Fsp3) is 0.846. The summed E-state index contributed by atoms with van der Waals surface area (Å²) in [5, 5.41) is 28.5. The molecule has 0 aromatic heterocycles. The minimum absolute atomic E-state index is 0.0542. The molecular formula is C13H25NO5. The molecule has 3 N–H and O–H groups in total. The molecule has 6 nitrogen and oxygen atoms in total. The highest BCUT2D eigenvalue weighted by Gasteiger charge is 2.49. The third-order valence-electron chi connectivity index (χ3n) is 3.64. The number of rotatable bonds is 3. The van der Waals surface area contributed by atoms with Crippen LogP contribution < -0.4 is 0 Å². The van der Waals surface area contributed by atoms with Gasteiger partial charge >= 0.3 is 12.2 Å². The Hall–Kier alpha value is -1.30. The molecular weight excluding hydrogens is 250 g/mol. The van der Waals surface area contributed by atoms with Crippen LogP contribution in [0.5, 0.6) is 0 Å². The number of carbonyl (C=O) groups is 2. The molecule has 0 aliphatic rings. The lowest BCUT2D eigenvalue weighted by atomic mass is 9.61. The third-order valence-corrected chi connectivity index (χ3v) is 3.64. The summed E-state index contributed by atoms with van der Waals surface area (Å²) in [5.41, 5.74) is -2.20. The van der Waals surface area contributed by atoms with E-state index < -0.39 is 28.6 Å². The molecule has 0 rings (SSSR count). The van der Waals surface area contributed by atoms with E-state index in [4.69, 9.17) is 10.2 Å². The predicted molar refractivity (Wildman–Crippen MR) is 71.2 cm³/mol. The van der Waals surface area contributed by atoms with Crippen LogP contribution in [0.3, 0.4) is 0 Å². The summed E-state index contributed by atoms with van der Waals surface area (Å²) < 4.78 is 0. The molecule has 0 radical (unpaired) electrons. The summed E-state index contributed by atoms with van der Waals surface area (Å²) in [4.78, 5) is 21.9. The maximum atomic E-state index is 10.9. The lowest BCUT2D eigenvalue weighted by molar-refractivity contribution is -0.143. The van der Waals surface area contributed by atoms with E-state index in [2.05, 4.69) is 0 Å². The fourth-order valence-corrected chi connectivity index (χ4v) is 2.42. The Morgan fingerprint density at radius 1 is 0.895 bits per heavy atom. The van der Waals surface area contributed by atoms with E-state index in [0.29, 0.717) is 4.90 Å². The molecule has 0 unspecified atom stereocenters. The average Bonchev–Trinajstić information content (AvgIpc) is 2.12. The van der Waals surface area contributed by atoms with Crippen molar-refractivity contribution in [3.8, 4) is 0 Å². The van der Waals surface area contributed by atoms with E-state index in [0.717, 1.165) is 0 Å². The quantitative estimate of drug-likeness (QED) is 0.735. The van der Waals surface area contributed by atoms with E-state index in [1.54, 1.807) is 0 Å². The maximum absolute atomic E-state index is 10.9. The molecule has 19 heavy (non-hydrogen) atoms. The molecule has 0 aliphatic heterocycles. The second-order valence-electron chi connectivity index (χ2n) is 6.83. The summed E-state index contributed by atoms with van der Waals surface area (Å²) in [7, 11) is 0. The van der Waals surface area contributed by atoms with Gasteiger partial charge in [-0.3, -0.25) is 0 Å². The zero-order chi connectivity index (χ0) is 15.6. The van der Waals surface area contributed by atoms with E-state index in [9.17, 15) is 14.7 Å². The first kappa shape index (κ1) is 17.7. The predicted octanol–water partition coefficient (Wildman–Crippen LogP) is 2.86. The fourth-order valence-electron chi connectivity index (χ4n) is 2.42. The molecule has 0 bridgehead atoms. The van der Waals surface area contributed by atoms with Gasteiger partial charge < -0.3 is 15.3 Å². The van der Waals surface area contributed by atoms with E-state index in [-0.39, 0.29) is 13.0 Å². The summed E-state index contributed by atoms with van der Waals surface area (Å²) in [6.07, 6.45) is -3.01. The smallest absolute Gasteiger partial charge is 0.416 e. The van der Waals surface area contributed by atoms with Crippen molar-refractivity contribution in [2.24, 2.45) is 10.8 Å². The first-order chi connectivity index (χ1) is 8.24. The van der Waals surface area contributed by atoms with Crippen LogP contribution >= 0.6 is 0 Å². The molecule has 0 aromatic carbocycles. The van der Waals surface area contributed by atoms with Crippen LogP contribution in [0.2, 0.25) is 0 Å². The molecule has 0 aliphatic carbocycles. The Labute approximate surface area is 114 Å². The van der Waals surface area contributed by atoms with Gasteiger partial charge in [-0.15, -0.1) is 0 Å². The Morgan fingerprint density at radius 2 is 1.21 bits per heavy atom. The summed E-state index contributed by atoms with van der Waals surface area (Å²) in [6, 6.07) is 0. The van der Waals surface area contributed by atoms with Crippen molar-refractivity contribution in [2.75, 3.05) is 6.54 Å². The van der Waals surface area contributed by atoms with Gasteiger partial charge in [-0.2, -0.15) is 0 Å². The molecule has 2 amide bonds. The molecule has 0 saturated carbocycles. The number of imide groups is 1. The summed E-state index contributed by atoms with van der Waals surface area (Å²) in [6.45, 7) is 10.9. The highest BCUT2D eigenvalue weighted by Crippen LogP contribution is 2.46. The molecule has 0 aromatic rings. The van der Waals surface area contributed by atoms with Crippen molar-refractivity contribution >= 4 is 12.2 Å². The number of hydrogen-bond acceptors (Lipinski definition) is 3. The van der Waals surface area contributed by atoms with Gasteiger partial charge in [0.25, 0.3) is 0 Å². The number of nitrogens with zero attached hydrogens (tertiary/aromatic N) is 1. The first-order valence-electron chi connectivity index (χ1n) is 6.20. The van der Waals surface area contributed by atoms with Crippen molar-refractivity contribution < 1.29 is 24.9 Å². The number of carboxylic acid groups (broad SMARTS) is 2. The average molecular weight is 275 g/mol. The monoisotopic (exact) mass is 275 g/mol. The Morgan fingerprint density at radius 3 is 1.42 bits per heavy atom. The van der Waals surface area contributed by atoms with Gasteiger partial charge in [0.05, 0.1) is 5.60 Å². The molecule has 0 atom stereocenters. The normalized spacial score (nSPS) is 13.2. The second kappa shape index (κ2) is 5.36. The van der Waals surface area contributed by atoms with Crippen LogP contribution in [-0.2, 0) is 0 Å². The van der Waals surface area contributed by atoms with Gasteiger partial charge in [-0.25, -0.2) is 14.5 Å². The highest BCUT2D eigenvalue weighted by atomic mass is 16.4. The van der Waals surface area contributed by atoms with E-state index in [1.807, 2.05) is 41.5 Å². The van der Waals surface area contributed by atoms with Crippen LogP contribution in [-0.4, -0.2) is 44.6 Å². The van der Waals surface area contributed by atoms with Gasteiger partial charge in [-0.05, 0) is 17.3 Å². The number of amides is 2. The lowest BCUT2D eigenvalue weighted by Crippen LogP contribution is -2.55. The molecule has 0 heterocycles. The van der Waals surface area contributed by atoms with Gasteiger partial charge in [-0.1, -0.05) is 41.5 Å². The summed E-state index contributed by atoms with van der Waals surface area (Å²) >= 11 is 0. The minimum Gasteiger partial charge on any atom is -0.465 e. The Balaban J connectivity index is 5.19. The number of aliphatic hydroxyl groups is 1. The molecule has 0 fully saturated rings. The molecule has 112 valence electrons. The maximum Gasteiger partial charge on any atom is 0.416 e. The van der Waals surface area contributed by atoms with Crippen LogP contribution in [0.4, 0.5) is 9.59 Å². The molecule has 0 saturated heterocycles. The van der Waals surface area contributed by atoms with Crippen molar-refractivity contribution in [1.82, 2.24) is 4.90 Å². The van der Waals surface area contributed by atoms with Crippen LogP contribution in [0, 0.1) is 10.8 Å². The van der Waals surface area contributed by atoms with E-state index >= 15 is 0 Å². The molecule has 0 spiro atoms. The van der Waals surface area contributed by atoms with Crippen LogP contribution in [0.1, 0.15) is 48.0 Å². The van der Waals surface area contributed by atoms with Gasteiger partial charge in [0.1, 0.15) is 0 Å². The van der Waals surface area contributed by atoms with Crippen molar-refractivity contribution in [1.29, 1.82) is 0 Å². The van der Waals surface area contributed by atoms with Crippen LogP contribution in [0.25, 0.3) is 0 Å². The first-order valence-corrected chi connectivity index (χ1v) is 6.20. The number of hydrogen-bond donors (Lipinski definition) is 3. The summed E-state index contributed by atoms with van der Waals surface area (Å²) in [5.74, 6) is 0. The third kappa shape index (κ3) is 3.83. The largest absolute Gasteiger partial charge is 0.465 e. The highest BCUT2D eigenvalue weighted by molar-refractivity contribution is 5.85.